The Balaban J connectivity index is 0.000000468. The lowest BCUT2D eigenvalue weighted by Crippen LogP contribution is -2.58. The monoisotopic (exact) mass is 846 g/mol. The molecule has 3 saturated carbocycles. The van der Waals surface area contributed by atoms with Gasteiger partial charge in [0.25, 0.3) is 0 Å². The highest BCUT2D eigenvalue weighted by Crippen LogP contribution is 2.55. The maximum atomic E-state index is 6.91. The summed E-state index contributed by atoms with van der Waals surface area (Å²) in [4.78, 5) is 0. The van der Waals surface area contributed by atoms with Crippen molar-refractivity contribution < 1.29 is 9.47 Å². The van der Waals surface area contributed by atoms with E-state index in [0.29, 0.717) is 3.42 Å². The summed E-state index contributed by atoms with van der Waals surface area (Å²) >= 11 is 2.72. The fourth-order valence-electron chi connectivity index (χ4n) is 9.65. The number of alkyl halides is 1. The first-order valence-corrected chi connectivity index (χ1v) is 22.8. The van der Waals surface area contributed by atoms with Crippen LogP contribution < -0.4 is 15.2 Å². The SMILES string of the molecule is C=C(C)Oc1cc([C@@]2(CCC)CCCC[C@@]2(C)I)ccc1C.CC.CC.CC.CCC[C@]1(c2ccc(C)c(OC3(C)CC(C)C3)c2)CCCC[C@@]1(C)N. The Kier molecular flexibility index (Phi) is 20.8. The quantitative estimate of drug-likeness (QED) is 0.147. The lowest BCUT2D eigenvalue weighted by atomic mass is 9.57. The van der Waals surface area contributed by atoms with Crippen molar-refractivity contribution in [3.8, 4) is 11.5 Å². The zero-order valence-electron chi connectivity index (χ0n) is 37.4. The van der Waals surface area contributed by atoms with E-state index in [1.54, 1.807) is 0 Å². The van der Waals surface area contributed by atoms with Crippen molar-refractivity contribution in [1.82, 2.24) is 0 Å². The van der Waals surface area contributed by atoms with Crippen LogP contribution in [0.4, 0.5) is 0 Å². The number of rotatable bonds is 10. The maximum Gasteiger partial charge on any atom is 0.130 e. The van der Waals surface area contributed by atoms with Crippen LogP contribution >= 0.6 is 22.6 Å². The minimum atomic E-state index is -0.136. The molecule has 0 aliphatic heterocycles. The summed E-state index contributed by atoms with van der Waals surface area (Å²) in [6.45, 7) is 36.0. The minimum Gasteiger partial charge on any atom is -0.487 e. The van der Waals surface area contributed by atoms with Gasteiger partial charge in [-0.3, -0.25) is 0 Å². The second kappa shape index (κ2) is 22.3. The van der Waals surface area contributed by atoms with E-state index in [9.17, 15) is 0 Å². The molecule has 0 radical (unpaired) electrons. The molecule has 0 amide bonds. The van der Waals surface area contributed by atoms with Crippen molar-refractivity contribution in [3.05, 3.63) is 71.0 Å². The molecule has 0 heterocycles. The van der Waals surface area contributed by atoms with Gasteiger partial charge in [0.05, 0.1) is 5.76 Å². The number of hydrogen-bond donors (Lipinski definition) is 1. The van der Waals surface area contributed by atoms with Crippen molar-refractivity contribution in [3.63, 3.8) is 0 Å². The summed E-state index contributed by atoms with van der Waals surface area (Å²) in [5, 5.41) is 0. The molecule has 3 aliphatic carbocycles. The fraction of sp³-hybridized carbons (Fsp3) is 0.714. The number of benzene rings is 2. The molecule has 2 aromatic carbocycles. The highest BCUT2D eigenvalue weighted by molar-refractivity contribution is 14.1. The predicted molar refractivity (Wildman–Crippen MR) is 244 cm³/mol. The molecule has 3 fully saturated rings. The Morgan fingerprint density at radius 2 is 1.17 bits per heavy atom. The van der Waals surface area contributed by atoms with E-state index in [1.165, 1.54) is 86.5 Å². The summed E-state index contributed by atoms with van der Waals surface area (Å²) in [5.74, 6) is 3.58. The molecule has 0 bridgehead atoms. The van der Waals surface area contributed by atoms with Gasteiger partial charge in [0.1, 0.15) is 17.1 Å². The van der Waals surface area contributed by atoms with Crippen LogP contribution in [-0.2, 0) is 10.8 Å². The van der Waals surface area contributed by atoms with Gasteiger partial charge in [0.15, 0.2) is 0 Å². The predicted octanol–water partition coefficient (Wildman–Crippen LogP) is 15.7. The molecule has 0 unspecified atom stereocenters. The van der Waals surface area contributed by atoms with Crippen LogP contribution in [0, 0.1) is 19.8 Å². The first-order valence-electron chi connectivity index (χ1n) is 21.8. The largest absolute Gasteiger partial charge is 0.487 e. The van der Waals surface area contributed by atoms with Crippen LogP contribution in [0.3, 0.4) is 0 Å². The number of hydrogen-bond acceptors (Lipinski definition) is 3. The van der Waals surface area contributed by atoms with Crippen LogP contribution in [0.25, 0.3) is 0 Å². The molecular weight excluding hydrogens is 761 g/mol. The second-order valence-corrected chi connectivity index (χ2v) is 18.9. The van der Waals surface area contributed by atoms with E-state index >= 15 is 0 Å². The molecular formula is C49H84INO2. The van der Waals surface area contributed by atoms with Crippen LogP contribution in [0.15, 0.2) is 48.7 Å². The molecule has 304 valence electrons. The van der Waals surface area contributed by atoms with E-state index in [0.717, 1.165) is 48.9 Å². The average molecular weight is 846 g/mol. The number of aryl methyl sites for hydroxylation is 2. The van der Waals surface area contributed by atoms with E-state index < -0.39 is 0 Å². The van der Waals surface area contributed by atoms with E-state index in [1.807, 2.05) is 48.5 Å². The van der Waals surface area contributed by atoms with Crippen LogP contribution in [0.5, 0.6) is 11.5 Å². The van der Waals surface area contributed by atoms with Gasteiger partial charge in [-0.2, -0.15) is 0 Å². The van der Waals surface area contributed by atoms with Crippen LogP contribution in [0.1, 0.15) is 202 Å². The van der Waals surface area contributed by atoms with Gasteiger partial charge < -0.3 is 15.2 Å². The molecule has 4 heteroatoms. The van der Waals surface area contributed by atoms with Gasteiger partial charge in [-0.05, 0) is 133 Å². The summed E-state index contributed by atoms with van der Waals surface area (Å²) in [6, 6.07) is 13.7. The van der Waals surface area contributed by atoms with Crippen LogP contribution in [-0.4, -0.2) is 14.6 Å². The van der Waals surface area contributed by atoms with Crippen molar-refractivity contribution in [2.24, 2.45) is 11.7 Å². The van der Waals surface area contributed by atoms with E-state index in [2.05, 4.69) is 121 Å². The first kappa shape index (κ1) is 49.5. The highest BCUT2D eigenvalue weighted by Gasteiger charge is 2.49. The standard InChI is InChI=1S/C23H37NO.C20H29IO.3C2H6/c1-6-11-23(13-8-7-12-22(23,5)24)19-10-9-18(3)20(14-19)25-21(4)15-17(2)16-21;1-6-11-20(13-8-7-12-19(20,5)21)17-10-9-16(4)18(14-17)22-15(2)3;3*1-2/h9-10,14,17H,6-8,11-13,15-16,24H2,1-5H3;9-10,14H,2,6-8,11-13H2,1,3-5H3;3*1-2H3/t17?,21?,22-,23-;19-,20-;;;/m11.../s1. The molecule has 3 aliphatic rings. The number of ether oxygens (including phenoxy) is 2. The third-order valence-electron chi connectivity index (χ3n) is 12.2. The molecule has 0 saturated heterocycles. The molecule has 3 nitrogen and oxygen atoms in total. The van der Waals surface area contributed by atoms with E-state index in [4.69, 9.17) is 15.2 Å². The van der Waals surface area contributed by atoms with Gasteiger partial charge in [0, 0.05) is 19.8 Å². The molecule has 53 heavy (non-hydrogen) atoms. The summed E-state index contributed by atoms with van der Waals surface area (Å²) in [5.41, 5.74) is 12.4. The van der Waals surface area contributed by atoms with Gasteiger partial charge >= 0.3 is 0 Å². The Labute approximate surface area is 343 Å². The van der Waals surface area contributed by atoms with Crippen molar-refractivity contribution in [2.75, 3.05) is 0 Å². The molecule has 4 atom stereocenters. The maximum absolute atomic E-state index is 6.91. The number of allylic oxidation sites excluding steroid dienone is 1. The Hall–Kier alpha value is -1.53. The Morgan fingerprint density at radius 1 is 0.736 bits per heavy atom. The molecule has 2 aromatic rings. The zero-order valence-corrected chi connectivity index (χ0v) is 39.6. The third-order valence-corrected chi connectivity index (χ3v) is 13.7. The van der Waals surface area contributed by atoms with Gasteiger partial charge in [0.2, 0.25) is 0 Å². The van der Waals surface area contributed by atoms with Gasteiger partial charge in [-0.25, -0.2) is 0 Å². The molecule has 0 aromatic heterocycles. The van der Waals surface area contributed by atoms with E-state index in [-0.39, 0.29) is 22.0 Å². The Morgan fingerprint density at radius 3 is 1.64 bits per heavy atom. The third kappa shape index (κ3) is 12.0. The highest BCUT2D eigenvalue weighted by atomic mass is 127. The Bertz CT molecular complexity index is 1360. The average Bonchev–Trinajstić information content (AvgIpc) is 3.11. The number of halogens is 1. The zero-order chi connectivity index (χ0) is 40.7. The molecule has 2 N–H and O–H groups in total. The molecule has 0 spiro atoms. The summed E-state index contributed by atoms with van der Waals surface area (Å²) in [6.07, 6.45) is 17.3. The second-order valence-electron chi connectivity index (χ2n) is 16.5. The number of nitrogens with two attached hydrogens (primary N) is 1. The van der Waals surface area contributed by atoms with Crippen molar-refractivity contribution >= 4 is 22.6 Å². The first-order chi connectivity index (χ1) is 25.0. The lowest BCUT2D eigenvalue weighted by Gasteiger charge is -2.51. The van der Waals surface area contributed by atoms with Crippen LogP contribution in [0.2, 0.25) is 0 Å². The summed E-state index contributed by atoms with van der Waals surface area (Å²) in [7, 11) is 0. The fourth-order valence-corrected chi connectivity index (χ4v) is 10.9. The van der Waals surface area contributed by atoms with Crippen molar-refractivity contribution in [2.45, 2.75) is 219 Å². The summed E-state index contributed by atoms with van der Waals surface area (Å²) < 4.78 is 12.7. The van der Waals surface area contributed by atoms with Crippen molar-refractivity contribution in [1.29, 1.82) is 0 Å². The van der Waals surface area contributed by atoms with Gasteiger partial charge in [-0.15, -0.1) is 0 Å². The van der Waals surface area contributed by atoms with Gasteiger partial charge in [-0.1, -0.05) is 154 Å². The smallest absolute Gasteiger partial charge is 0.130 e. The molecule has 5 rings (SSSR count). The normalized spacial score (nSPS) is 30.2. The lowest BCUT2D eigenvalue weighted by molar-refractivity contribution is -0.0276. The topological polar surface area (TPSA) is 44.5 Å². The minimum absolute atomic E-state index is 0.0132.